The van der Waals surface area contributed by atoms with Crippen molar-refractivity contribution in [2.24, 2.45) is 0 Å². The Morgan fingerprint density at radius 3 is 2.69 bits per heavy atom. The predicted octanol–water partition coefficient (Wildman–Crippen LogP) is 2.80. The highest BCUT2D eigenvalue weighted by Crippen LogP contribution is 2.12. The number of hydrogen-bond acceptors (Lipinski definition) is 1. The summed E-state index contributed by atoms with van der Waals surface area (Å²) in [4.78, 5) is 13.7. The fourth-order valence-electron chi connectivity index (χ4n) is 1.12. The second kappa shape index (κ2) is 4.11. The third-order valence-electron chi connectivity index (χ3n) is 1.71. The van der Waals surface area contributed by atoms with E-state index < -0.39 is 0 Å². The van der Waals surface area contributed by atoms with Crippen LogP contribution in [-0.2, 0) is 0 Å². The van der Waals surface area contributed by atoms with E-state index >= 15 is 0 Å². The lowest BCUT2D eigenvalue weighted by Gasteiger charge is -1.95. The molecular formula is C9H7ClINO. The number of benzene rings is 1. The molecule has 1 aromatic carbocycles. The fourth-order valence-corrected chi connectivity index (χ4v) is 1.29. The molecule has 1 N–H and O–H groups in total. The molecule has 4 heteroatoms. The topological polar surface area (TPSA) is 32.9 Å². The maximum Gasteiger partial charge on any atom is 0.267 e. The standard InChI is InChI=1S/C9H6ClNO.HI/c10-7-5-6-3-1-2-4-8(6)11-9(7)12;/h1-5H,(H,11,12);1H. The Bertz CT molecular complexity index is 480. The predicted molar refractivity (Wildman–Crippen MR) is 65.0 cm³/mol. The summed E-state index contributed by atoms with van der Waals surface area (Å²) >= 11 is 5.64. The van der Waals surface area contributed by atoms with Gasteiger partial charge in [-0.3, -0.25) is 4.79 Å². The molecular weight excluding hydrogens is 300 g/mol. The van der Waals surface area contributed by atoms with E-state index in [2.05, 4.69) is 4.98 Å². The molecule has 0 aliphatic rings. The van der Waals surface area contributed by atoms with Crippen molar-refractivity contribution in [3.05, 3.63) is 45.7 Å². The highest BCUT2D eigenvalue weighted by atomic mass is 127. The van der Waals surface area contributed by atoms with Gasteiger partial charge in [0.05, 0.1) is 0 Å². The van der Waals surface area contributed by atoms with Gasteiger partial charge in [0.25, 0.3) is 5.56 Å². The van der Waals surface area contributed by atoms with Crippen LogP contribution in [0.4, 0.5) is 0 Å². The molecule has 13 heavy (non-hydrogen) atoms. The lowest BCUT2D eigenvalue weighted by molar-refractivity contribution is 1.31. The Morgan fingerprint density at radius 2 is 1.92 bits per heavy atom. The number of H-pyrrole nitrogens is 1. The monoisotopic (exact) mass is 307 g/mol. The van der Waals surface area contributed by atoms with Crippen LogP contribution < -0.4 is 5.56 Å². The molecule has 0 saturated carbocycles. The highest BCUT2D eigenvalue weighted by molar-refractivity contribution is 14.0. The van der Waals surface area contributed by atoms with Crippen molar-refractivity contribution in [3.8, 4) is 0 Å². The van der Waals surface area contributed by atoms with E-state index in [4.69, 9.17) is 11.6 Å². The first-order valence-corrected chi connectivity index (χ1v) is 3.93. The third kappa shape index (κ3) is 2.03. The summed E-state index contributed by atoms with van der Waals surface area (Å²) in [5.41, 5.74) is 0.572. The number of para-hydroxylation sites is 1. The summed E-state index contributed by atoms with van der Waals surface area (Å²) in [6.45, 7) is 0. The van der Waals surface area contributed by atoms with E-state index in [1.807, 2.05) is 24.3 Å². The summed E-state index contributed by atoms with van der Waals surface area (Å²) in [6.07, 6.45) is 0. The lowest BCUT2D eigenvalue weighted by atomic mass is 10.2. The first-order chi connectivity index (χ1) is 5.77. The molecule has 0 saturated heterocycles. The van der Waals surface area contributed by atoms with Crippen molar-refractivity contribution < 1.29 is 0 Å². The Balaban J connectivity index is 0.000000845. The average Bonchev–Trinajstić information content (AvgIpc) is 2.07. The lowest BCUT2D eigenvalue weighted by Crippen LogP contribution is -2.04. The van der Waals surface area contributed by atoms with Crippen LogP contribution in [0.5, 0.6) is 0 Å². The van der Waals surface area contributed by atoms with Crippen LogP contribution in [-0.4, -0.2) is 4.98 Å². The molecule has 0 radical (unpaired) electrons. The van der Waals surface area contributed by atoms with Gasteiger partial charge >= 0.3 is 0 Å². The van der Waals surface area contributed by atoms with E-state index in [-0.39, 0.29) is 34.6 Å². The van der Waals surface area contributed by atoms with Gasteiger partial charge in [0.15, 0.2) is 0 Å². The largest absolute Gasteiger partial charge is 0.321 e. The number of pyridine rings is 1. The SMILES string of the molecule is I.O=c1[nH]c2ccccc2cc1Cl. The minimum Gasteiger partial charge on any atom is -0.321 e. The molecule has 2 rings (SSSR count). The first kappa shape index (κ1) is 10.5. The molecule has 1 aromatic heterocycles. The normalized spacial score (nSPS) is 9.62. The second-order valence-electron chi connectivity index (χ2n) is 2.53. The zero-order chi connectivity index (χ0) is 8.55. The van der Waals surface area contributed by atoms with Crippen LogP contribution in [0.1, 0.15) is 0 Å². The van der Waals surface area contributed by atoms with Gasteiger partial charge in [-0.1, -0.05) is 29.8 Å². The summed E-state index contributed by atoms with van der Waals surface area (Å²) in [5, 5.41) is 1.18. The zero-order valence-corrected chi connectivity index (χ0v) is 9.67. The molecule has 1 heterocycles. The van der Waals surface area contributed by atoms with Gasteiger partial charge in [-0.05, 0) is 17.5 Å². The molecule has 0 atom stereocenters. The molecule has 0 amide bonds. The van der Waals surface area contributed by atoms with Gasteiger partial charge in [-0.25, -0.2) is 0 Å². The van der Waals surface area contributed by atoms with Crippen LogP contribution in [0.25, 0.3) is 10.9 Å². The molecule has 0 aliphatic carbocycles. The minimum atomic E-state index is -0.240. The van der Waals surface area contributed by atoms with Crippen LogP contribution in [0.2, 0.25) is 5.02 Å². The zero-order valence-electron chi connectivity index (χ0n) is 6.58. The quantitative estimate of drug-likeness (QED) is 0.746. The number of fused-ring (bicyclic) bond motifs is 1. The van der Waals surface area contributed by atoms with Gasteiger partial charge in [0.1, 0.15) is 5.02 Å². The van der Waals surface area contributed by atoms with Crippen molar-refractivity contribution in [2.45, 2.75) is 0 Å². The highest BCUT2D eigenvalue weighted by Gasteiger charge is 1.97. The molecule has 68 valence electrons. The summed E-state index contributed by atoms with van der Waals surface area (Å²) in [6, 6.07) is 9.17. The number of aromatic nitrogens is 1. The molecule has 0 aliphatic heterocycles. The average molecular weight is 308 g/mol. The fraction of sp³-hybridized carbons (Fsp3) is 0. The Hall–Kier alpha value is -0.550. The van der Waals surface area contributed by atoms with Gasteiger partial charge in [0.2, 0.25) is 0 Å². The second-order valence-corrected chi connectivity index (χ2v) is 2.94. The van der Waals surface area contributed by atoms with Crippen molar-refractivity contribution >= 4 is 46.5 Å². The van der Waals surface area contributed by atoms with E-state index in [1.165, 1.54) is 0 Å². The van der Waals surface area contributed by atoms with Gasteiger partial charge in [-0.2, -0.15) is 0 Å². The van der Waals surface area contributed by atoms with Crippen LogP contribution in [0, 0.1) is 0 Å². The van der Waals surface area contributed by atoms with Gasteiger partial charge < -0.3 is 4.98 Å². The van der Waals surface area contributed by atoms with Gasteiger partial charge in [0, 0.05) is 5.52 Å². The molecule has 0 fully saturated rings. The maximum absolute atomic E-state index is 11.0. The van der Waals surface area contributed by atoms with Crippen molar-refractivity contribution in [1.82, 2.24) is 4.98 Å². The summed E-state index contributed by atoms with van der Waals surface area (Å²) in [7, 11) is 0. The Kier molecular flexibility index (Phi) is 3.33. The van der Waals surface area contributed by atoms with E-state index in [9.17, 15) is 4.79 Å². The molecule has 2 nitrogen and oxygen atoms in total. The van der Waals surface area contributed by atoms with E-state index in [1.54, 1.807) is 6.07 Å². The molecule has 2 aromatic rings. The first-order valence-electron chi connectivity index (χ1n) is 3.55. The number of halogens is 2. The van der Waals surface area contributed by atoms with Gasteiger partial charge in [-0.15, -0.1) is 24.0 Å². The minimum absolute atomic E-state index is 0. The van der Waals surface area contributed by atoms with Crippen LogP contribution in [0.15, 0.2) is 35.1 Å². The molecule has 0 unspecified atom stereocenters. The number of hydrogen-bond donors (Lipinski definition) is 1. The maximum atomic E-state index is 11.0. The summed E-state index contributed by atoms with van der Waals surface area (Å²) in [5.74, 6) is 0. The van der Waals surface area contributed by atoms with Crippen molar-refractivity contribution in [1.29, 1.82) is 0 Å². The van der Waals surface area contributed by atoms with Crippen LogP contribution >= 0.6 is 35.6 Å². The summed E-state index contributed by atoms with van der Waals surface area (Å²) < 4.78 is 0. The van der Waals surface area contributed by atoms with Crippen molar-refractivity contribution in [2.75, 3.05) is 0 Å². The Labute approximate surface area is 96.9 Å². The number of rotatable bonds is 0. The number of nitrogens with one attached hydrogen (secondary N) is 1. The number of aromatic amines is 1. The van der Waals surface area contributed by atoms with E-state index in [0.717, 1.165) is 10.9 Å². The molecule has 0 spiro atoms. The Morgan fingerprint density at radius 1 is 1.23 bits per heavy atom. The third-order valence-corrected chi connectivity index (χ3v) is 1.99. The van der Waals surface area contributed by atoms with Crippen molar-refractivity contribution in [3.63, 3.8) is 0 Å². The molecule has 0 bridgehead atoms. The van der Waals surface area contributed by atoms with E-state index in [0.29, 0.717) is 0 Å². The smallest absolute Gasteiger partial charge is 0.267 e. The van der Waals surface area contributed by atoms with Crippen LogP contribution in [0.3, 0.4) is 0 Å².